The molecule has 2 aromatic heterocycles. The van der Waals surface area contributed by atoms with Gasteiger partial charge in [0.1, 0.15) is 5.84 Å². The Balaban J connectivity index is 1.98. The van der Waals surface area contributed by atoms with Crippen molar-refractivity contribution in [3.8, 4) is 22.4 Å². The van der Waals surface area contributed by atoms with Gasteiger partial charge in [0.2, 0.25) is 0 Å². The fraction of sp³-hybridized carbons (Fsp3) is 0.0588. The van der Waals surface area contributed by atoms with Crippen molar-refractivity contribution >= 4 is 28.9 Å². The lowest BCUT2D eigenvalue weighted by molar-refractivity contribution is 1.32. The Morgan fingerprint density at radius 2 is 1.91 bits per heavy atom. The minimum atomic E-state index is 0.104. The van der Waals surface area contributed by atoms with Crippen molar-refractivity contribution in [1.29, 1.82) is 5.41 Å². The highest BCUT2D eigenvalue weighted by Gasteiger charge is 2.13. The molecule has 0 aliphatic carbocycles. The molecule has 22 heavy (non-hydrogen) atoms. The fourth-order valence-electron chi connectivity index (χ4n) is 2.19. The number of pyridine rings is 1. The van der Waals surface area contributed by atoms with Crippen LogP contribution in [0.15, 0.2) is 58.9 Å². The van der Waals surface area contributed by atoms with E-state index in [2.05, 4.69) is 23.2 Å². The fourth-order valence-corrected chi connectivity index (χ4v) is 3.94. The molecule has 0 aliphatic rings. The lowest BCUT2D eigenvalue weighted by Gasteiger charge is -2.04. The van der Waals surface area contributed by atoms with Crippen LogP contribution in [-0.2, 0) is 0 Å². The Morgan fingerprint density at radius 1 is 1.14 bits per heavy atom. The summed E-state index contributed by atoms with van der Waals surface area (Å²) in [5.74, 6) is 0.104. The quantitative estimate of drug-likeness (QED) is 0.422. The van der Waals surface area contributed by atoms with E-state index in [1.165, 1.54) is 11.3 Å². The number of nitrogens with zero attached hydrogens (tertiary/aromatic N) is 1. The van der Waals surface area contributed by atoms with Gasteiger partial charge in [0.05, 0.1) is 14.8 Å². The first-order valence-electron chi connectivity index (χ1n) is 6.73. The summed E-state index contributed by atoms with van der Waals surface area (Å²) in [5.41, 5.74) is 9.80. The third-order valence-corrected chi connectivity index (χ3v) is 5.60. The molecule has 3 aromatic rings. The third kappa shape index (κ3) is 2.91. The average Bonchev–Trinajstić information content (AvgIpc) is 3.00. The van der Waals surface area contributed by atoms with Crippen molar-refractivity contribution in [3.63, 3.8) is 0 Å². The Hall–Kier alpha value is -2.11. The molecule has 0 unspecified atom stereocenters. The number of amidine groups is 1. The average molecular weight is 325 g/mol. The van der Waals surface area contributed by atoms with Crippen LogP contribution < -0.4 is 5.73 Å². The predicted molar refractivity (Wildman–Crippen MR) is 95.8 cm³/mol. The van der Waals surface area contributed by atoms with Gasteiger partial charge in [-0.1, -0.05) is 36.4 Å². The van der Waals surface area contributed by atoms with Crippen LogP contribution >= 0.6 is 23.1 Å². The van der Waals surface area contributed by atoms with Gasteiger partial charge in [0.25, 0.3) is 0 Å². The number of nitrogens with two attached hydrogens (primary N) is 1. The number of nitrogens with one attached hydrogen (secondary N) is 1. The second kappa shape index (κ2) is 6.34. The zero-order chi connectivity index (χ0) is 15.5. The first-order chi connectivity index (χ1) is 10.7. The summed E-state index contributed by atoms with van der Waals surface area (Å²) in [6, 6.07) is 16.2. The van der Waals surface area contributed by atoms with Crippen LogP contribution in [0.1, 0.15) is 4.88 Å². The molecule has 0 amide bonds. The standard InChI is InChI=1S/C17H15N3S2/c1-21-17-13(9-15(22-17)16(18)19)14-8-7-12(10-20-14)11-5-3-2-4-6-11/h2-10H,1H3,(H3,18,19). The normalized spacial score (nSPS) is 10.6. The first kappa shape index (κ1) is 14.8. The number of aromatic nitrogens is 1. The van der Waals surface area contributed by atoms with E-state index in [0.717, 1.165) is 31.5 Å². The van der Waals surface area contributed by atoms with E-state index >= 15 is 0 Å². The lowest BCUT2D eigenvalue weighted by atomic mass is 10.1. The molecular weight excluding hydrogens is 310 g/mol. The Morgan fingerprint density at radius 3 is 2.50 bits per heavy atom. The molecule has 3 N–H and O–H groups in total. The molecule has 0 spiro atoms. The van der Waals surface area contributed by atoms with Crippen LogP contribution in [0.25, 0.3) is 22.4 Å². The van der Waals surface area contributed by atoms with Crippen LogP contribution in [0.5, 0.6) is 0 Å². The van der Waals surface area contributed by atoms with Gasteiger partial charge in [0.15, 0.2) is 0 Å². The van der Waals surface area contributed by atoms with E-state index in [1.54, 1.807) is 11.8 Å². The summed E-state index contributed by atoms with van der Waals surface area (Å²) in [4.78, 5) is 5.37. The number of nitrogen functional groups attached to an aromatic ring is 1. The number of thioether (sulfide) groups is 1. The monoisotopic (exact) mass is 325 g/mol. The highest BCUT2D eigenvalue weighted by molar-refractivity contribution is 8.00. The lowest BCUT2D eigenvalue weighted by Crippen LogP contribution is -2.08. The number of thiophene rings is 1. The summed E-state index contributed by atoms with van der Waals surface area (Å²) >= 11 is 3.19. The van der Waals surface area contributed by atoms with Crippen LogP contribution in [0.2, 0.25) is 0 Å². The van der Waals surface area contributed by atoms with Gasteiger partial charge >= 0.3 is 0 Å². The molecule has 5 heteroatoms. The van der Waals surface area contributed by atoms with Gasteiger partial charge in [-0.3, -0.25) is 10.4 Å². The first-order valence-corrected chi connectivity index (χ1v) is 8.77. The van der Waals surface area contributed by atoms with E-state index in [4.69, 9.17) is 11.1 Å². The molecule has 0 aliphatic heterocycles. The van der Waals surface area contributed by atoms with Gasteiger partial charge < -0.3 is 5.73 Å². The molecule has 0 saturated heterocycles. The van der Waals surface area contributed by atoms with E-state index in [-0.39, 0.29) is 5.84 Å². The summed E-state index contributed by atoms with van der Waals surface area (Å²) in [7, 11) is 0. The van der Waals surface area contributed by atoms with E-state index in [1.807, 2.05) is 42.8 Å². The topological polar surface area (TPSA) is 62.8 Å². The molecule has 0 radical (unpaired) electrons. The Kier molecular flexibility index (Phi) is 4.27. The largest absolute Gasteiger partial charge is 0.383 e. The molecular formula is C17H15N3S2. The van der Waals surface area contributed by atoms with E-state index in [0.29, 0.717) is 0 Å². The van der Waals surface area contributed by atoms with Gasteiger partial charge in [-0.05, 0) is 24.0 Å². The SMILES string of the molecule is CSc1sc(C(=N)N)cc1-c1ccc(-c2ccccc2)cn1. The number of hydrogen-bond acceptors (Lipinski definition) is 4. The van der Waals surface area contributed by atoms with Crippen molar-refractivity contribution < 1.29 is 0 Å². The summed E-state index contributed by atoms with van der Waals surface area (Å²) in [5, 5.41) is 7.59. The maximum Gasteiger partial charge on any atom is 0.133 e. The predicted octanol–water partition coefficient (Wildman–Crippen LogP) is 4.48. The number of rotatable bonds is 4. The third-order valence-electron chi connectivity index (χ3n) is 3.30. The zero-order valence-electron chi connectivity index (χ0n) is 12.0. The smallest absolute Gasteiger partial charge is 0.133 e. The second-order valence-corrected chi connectivity index (χ2v) is 6.85. The zero-order valence-corrected chi connectivity index (χ0v) is 13.7. The molecule has 3 nitrogen and oxygen atoms in total. The molecule has 2 heterocycles. The summed E-state index contributed by atoms with van der Waals surface area (Å²) in [6.07, 6.45) is 3.91. The summed E-state index contributed by atoms with van der Waals surface area (Å²) < 4.78 is 1.13. The molecule has 0 fully saturated rings. The van der Waals surface area contributed by atoms with Crippen molar-refractivity contribution in [2.45, 2.75) is 4.21 Å². The van der Waals surface area contributed by atoms with Crippen LogP contribution in [-0.4, -0.2) is 17.1 Å². The molecule has 0 bridgehead atoms. The van der Waals surface area contributed by atoms with Crippen molar-refractivity contribution in [3.05, 3.63) is 59.6 Å². The van der Waals surface area contributed by atoms with Crippen molar-refractivity contribution in [1.82, 2.24) is 4.98 Å². The van der Waals surface area contributed by atoms with E-state index in [9.17, 15) is 0 Å². The Labute approximate surface area is 137 Å². The minimum absolute atomic E-state index is 0.104. The second-order valence-electron chi connectivity index (χ2n) is 4.73. The van der Waals surface area contributed by atoms with Gasteiger partial charge in [-0.15, -0.1) is 23.1 Å². The minimum Gasteiger partial charge on any atom is -0.383 e. The van der Waals surface area contributed by atoms with Gasteiger partial charge in [0, 0.05) is 17.3 Å². The molecule has 110 valence electrons. The Bertz CT molecular complexity index is 793. The van der Waals surface area contributed by atoms with Crippen LogP contribution in [0.3, 0.4) is 0 Å². The number of benzene rings is 1. The summed E-state index contributed by atoms with van der Waals surface area (Å²) in [6.45, 7) is 0. The van der Waals surface area contributed by atoms with Crippen LogP contribution in [0.4, 0.5) is 0 Å². The molecule has 3 rings (SSSR count). The molecule has 0 saturated carbocycles. The van der Waals surface area contributed by atoms with Crippen LogP contribution in [0, 0.1) is 5.41 Å². The van der Waals surface area contributed by atoms with Crippen molar-refractivity contribution in [2.75, 3.05) is 6.26 Å². The highest BCUT2D eigenvalue weighted by Crippen LogP contribution is 2.37. The van der Waals surface area contributed by atoms with E-state index < -0.39 is 0 Å². The van der Waals surface area contributed by atoms with Crippen molar-refractivity contribution in [2.24, 2.45) is 5.73 Å². The molecule has 0 atom stereocenters. The van der Waals surface area contributed by atoms with Gasteiger partial charge in [-0.2, -0.15) is 0 Å². The highest BCUT2D eigenvalue weighted by atomic mass is 32.2. The maximum absolute atomic E-state index is 7.59. The van der Waals surface area contributed by atoms with Gasteiger partial charge in [-0.25, -0.2) is 0 Å². The number of hydrogen-bond donors (Lipinski definition) is 2. The molecule has 1 aromatic carbocycles. The maximum atomic E-state index is 7.59.